The van der Waals surface area contributed by atoms with E-state index in [2.05, 4.69) is 24.0 Å². The van der Waals surface area contributed by atoms with Gasteiger partial charge in [0.25, 0.3) is 0 Å². The first-order valence-corrected chi connectivity index (χ1v) is 7.86. The van der Waals surface area contributed by atoms with Crippen molar-refractivity contribution in [3.8, 4) is 5.75 Å². The van der Waals surface area contributed by atoms with E-state index in [4.69, 9.17) is 15.2 Å². The Morgan fingerprint density at radius 3 is 2.76 bits per heavy atom. The van der Waals surface area contributed by atoms with Crippen molar-refractivity contribution in [2.75, 3.05) is 27.3 Å². The molecule has 0 bridgehead atoms. The van der Waals surface area contributed by atoms with E-state index in [0.29, 0.717) is 6.10 Å². The summed E-state index contributed by atoms with van der Waals surface area (Å²) in [4.78, 5) is 2.46. The average molecular weight is 292 g/mol. The minimum Gasteiger partial charge on any atom is -0.496 e. The fourth-order valence-electron chi connectivity index (χ4n) is 3.24. The Balaban J connectivity index is 2.29. The zero-order valence-corrected chi connectivity index (χ0v) is 13.4. The van der Waals surface area contributed by atoms with Crippen LogP contribution in [0.15, 0.2) is 24.3 Å². The second kappa shape index (κ2) is 7.78. The molecule has 1 aromatic carbocycles. The van der Waals surface area contributed by atoms with Crippen LogP contribution in [0.1, 0.15) is 37.8 Å². The van der Waals surface area contributed by atoms with Crippen LogP contribution in [0.25, 0.3) is 0 Å². The van der Waals surface area contributed by atoms with E-state index >= 15 is 0 Å². The smallest absolute Gasteiger partial charge is 0.123 e. The SMILES string of the molecule is CCC(N)C(c1ccccc1OC)N1CCCC(OC)C1. The van der Waals surface area contributed by atoms with E-state index in [-0.39, 0.29) is 12.1 Å². The maximum absolute atomic E-state index is 6.45. The molecule has 3 atom stereocenters. The highest BCUT2D eigenvalue weighted by molar-refractivity contribution is 5.37. The van der Waals surface area contributed by atoms with Gasteiger partial charge in [-0.3, -0.25) is 4.90 Å². The summed E-state index contributed by atoms with van der Waals surface area (Å²) in [6, 6.07) is 8.49. The zero-order chi connectivity index (χ0) is 15.2. The van der Waals surface area contributed by atoms with Gasteiger partial charge in [-0.2, -0.15) is 0 Å². The number of hydrogen-bond acceptors (Lipinski definition) is 4. The van der Waals surface area contributed by atoms with Gasteiger partial charge in [0, 0.05) is 25.3 Å². The summed E-state index contributed by atoms with van der Waals surface area (Å²) in [6.07, 6.45) is 3.53. The fourth-order valence-corrected chi connectivity index (χ4v) is 3.24. The monoisotopic (exact) mass is 292 g/mol. The highest BCUT2D eigenvalue weighted by atomic mass is 16.5. The average Bonchev–Trinajstić information content (AvgIpc) is 2.55. The van der Waals surface area contributed by atoms with E-state index < -0.39 is 0 Å². The molecule has 0 spiro atoms. The van der Waals surface area contributed by atoms with Gasteiger partial charge in [0.05, 0.1) is 19.3 Å². The molecule has 0 aromatic heterocycles. The van der Waals surface area contributed by atoms with E-state index in [1.165, 1.54) is 5.56 Å². The van der Waals surface area contributed by atoms with Crippen LogP contribution in [-0.2, 0) is 4.74 Å². The summed E-state index contributed by atoms with van der Waals surface area (Å²) in [5.74, 6) is 0.922. The third-order valence-corrected chi connectivity index (χ3v) is 4.47. The normalized spacial score (nSPS) is 22.8. The molecule has 4 heteroatoms. The first-order valence-electron chi connectivity index (χ1n) is 7.86. The number of piperidine rings is 1. The van der Waals surface area contributed by atoms with Crippen molar-refractivity contribution in [2.45, 2.75) is 44.4 Å². The van der Waals surface area contributed by atoms with Crippen LogP contribution in [0.3, 0.4) is 0 Å². The fraction of sp³-hybridized carbons (Fsp3) is 0.647. The van der Waals surface area contributed by atoms with E-state index in [0.717, 1.165) is 38.1 Å². The van der Waals surface area contributed by atoms with Crippen LogP contribution in [0.2, 0.25) is 0 Å². The molecular formula is C17H28N2O2. The number of likely N-dealkylation sites (tertiary alicyclic amines) is 1. The molecule has 0 aliphatic carbocycles. The van der Waals surface area contributed by atoms with Crippen LogP contribution in [0.5, 0.6) is 5.75 Å². The topological polar surface area (TPSA) is 47.7 Å². The largest absolute Gasteiger partial charge is 0.496 e. The molecule has 3 unspecified atom stereocenters. The third-order valence-electron chi connectivity index (χ3n) is 4.47. The van der Waals surface area contributed by atoms with Gasteiger partial charge < -0.3 is 15.2 Å². The van der Waals surface area contributed by atoms with Crippen molar-refractivity contribution < 1.29 is 9.47 Å². The van der Waals surface area contributed by atoms with Gasteiger partial charge in [0.1, 0.15) is 5.75 Å². The first kappa shape index (κ1) is 16.3. The quantitative estimate of drug-likeness (QED) is 0.875. The molecule has 2 N–H and O–H groups in total. The first-order chi connectivity index (χ1) is 10.2. The molecule has 1 aliphatic rings. The van der Waals surface area contributed by atoms with Crippen LogP contribution >= 0.6 is 0 Å². The second-order valence-corrected chi connectivity index (χ2v) is 5.75. The van der Waals surface area contributed by atoms with Crippen molar-refractivity contribution in [1.82, 2.24) is 4.90 Å². The van der Waals surface area contributed by atoms with Gasteiger partial charge in [-0.05, 0) is 31.9 Å². The van der Waals surface area contributed by atoms with Gasteiger partial charge in [-0.15, -0.1) is 0 Å². The lowest BCUT2D eigenvalue weighted by atomic mass is 9.93. The number of ether oxygens (including phenoxy) is 2. The number of benzene rings is 1. The van der Waals surface area contributed by atoms with Crippen LogP contribution in [0, 0.1) is 0 Å². The summed E-state index contributed by atoms with van der Waals surface area (Å²) >= 11 is 0. The number of nitrogens with two attached hydrogens (primary N) is 1. The minimum atomic E-state index is 0.0944. The Morgan fingerprint density at radius 2 is 2.10 bits per heavy atom. The molecule has 1 fully saturated rings. The van der Waals surface area contributed by atoms with Gasteiger partial charge in [0.2, 0.25) is 0 Å². The summed E-state index contributed by atoms with van der Waals surface area (Å²) in [7, 11) is 3.52. The molecule has 0 saturated carbocycles. The molecule has 0 radical (unpaired) electrons. The Hall–Kier alpha value is -1.10. The minimum absolute atomic E-state index is 0.0944. The van der Waals surface area contributed by atoms with Crippen LogP contribution in [0.4, 0.5) is 0 Å². The lowest BCUT2D eigenvalue weighted by Gasteiger charge is -2.40. The summed E-state index contributed by atoms with van der Waals surface area (Å²) < 4.78 is 11.1. The molecule has 2 rings (SSSR count). The van der Waals surface area contributed by atoms with Crippen molar-refractivity contribution in [2.24, 2.45) is 5.73 Å². The highest BCUT2D eigenvalue weighted by Gasteiger charge is 2.31. The molecule has 1 saturated heterocycles. The molecule has 118 valence electrons. The number of hydrogen-bond donors (Lipinski definition) is 1. The zero-order valence-electron chi connectivity index (χ0n) is 13.4. The van der Waals surface area contributed by atoms with Gasteiger partial charge in [-0.1, -0.05) is 25.1 Å². The van der Waals surface area contributed by atoms with Crippen molar-refractivity contribution in [1.29, 1.82) is 0 Å². The number of nitrogens with zero attached hydrogens (tertiary/aromatic N) is 1. The van der Waals surface area contributed by atoms with E-state index in [9.17, 15) is 0 Å². The molecule has 1 heterocycles. The Morgan fingerprint density at radius 1 is 1.33 bits per heavy atom. The van der Waals surface area contributed by atoms with Crippen LogP contribution in [-0.4, -0.2) is 44.4 Å². The molecule has 1 aromatic rings. The summed E-state index contributed by atoms with van der Waals surface area (Å²) in [5.41, 5.74) is 7.64. The van der Waals surface area contributed by atoms with Crippen LogP contribution < -0.4 is 10.5 Å². The number of rotatable bonds is 6. The van der Waals surface area contributed by atoms with Gasteiger partial charge >= 0.3 is 0 Å². The standard InChI is InChI=1S/C17H28N2O2/c1-4-15(18)17(14-9-5-6-10-16(14)21-3)19-11-7-8-13(12-19)20-2/h5-6,9-10,13,15,17H,4,7-8,11-12,18H2,1-3H3. The number of methoxy groups -OCH3 is 2. The number of para-hydroxylation sites is 1. The molecule has 21 heavy (non-hydrogen) atoms. The Bertz CT molecular complexity index is 439. The van der Waals surface area contributed by atoms with Gasteiger partial charge in [0.15, 0.2) is 0 Å². The van der Waals surface area contributed by atoms with Crippen molar-refractivity contribution in [3.05, 3.63) is 29.8 Å². The Labute approximate surface area is 128 Å². The van der Waals surface area contributed by atoms with Crippen molar-refractivity contribution >= 4 is 0 Å². The second-order valence-electron chi connectivity index (χ2n) is 5.75. The highest BCUT2D eigenvalue weighted by Crippen LogP contribution is 2.34. The van der Waals surface area contributed by atoms with E-state index in [1.54, 1.807) is 14.2 Å². The Kier molecular flexibility index (Phi) is 6.03. The predicted molar refractivity (Wildman–Crippen MR) is 85.6 cm³/mol. The predicted octanol–water partition coefficient (Wildman–Crippen LogP) is 2.58. The summed E-state index contributed by atoms with van der Waals surface area (Å²) in [6.45, 7) is 4.15. The van der Waals surface area contributed by atoms with Crippen molar-refractivity contribution in [3.63, 3.8) is 0 Å². The van der Waals surface area contributed by atoms with E-state index in [1.807, 2.05) is 12.1 Å². The summed E-state index contributed by atoms with van der Waals surface area (Å²) in [5, 5.41) is 0. The molecule has 1 aliphatic heterocycles. The lowest BCUT2D eigenvalue weighted by molar-refractivity contribution is 0.00857. The molecular weight excluding hydrogens is 264 g/mol. The molecule has 0 amide bonds. The maximum Gasteiger partial charge on any atom is 0.123 e. The van der Waals surface area contributed by atoms with Gasteiger partial charge in [-0.25, -0.2) is 0 Å². The maximum atomic E-state index is 6.45. The molecule has 4 nitrogen and oxygen atoms in total. The third kappa shape index (κ3) is 3.76. The lowest BCUT2D eigenvalue weighted by Crippen LogP contribution is -2.47.